The summed E-state index contributed by atoms with van der Waals surface area (Å²) in [6, 6.07) is 11.6. The zero-order chi connectivity index (χ0) is 21.7. The number of carbonyl (C=O) groups excluding carboxylic acids is 2. The number of amides is 2. The highest BCUT2D eigenvalue weighted by Gasteiger charge is 2.17. The van der Waals surface area contributed by atoms with Crippen molar-refractivity contribution in [3.8, 4) is 11.6 Å². The second kappa shape index (κ2) is 9.23. The van der Waals surface area contributed by atoms with Gasteiger partial charge >= 0.3 is 0 Å². The maximum atomic E-state index is 14.0. The van der Waals surface area contributed by atoms with Crippen molar-refractivity contribution in [2.45, 2.75) is 0 Å². The van der Waals surface area contributed by atoms with Gasteiger partial charge in [0, 0.05) is 16.9 Å². The van der Waals surface area contributed by atoms with Crippen LogP contribution in [-0.4, -0.2) is 31.0 Å². The predicted molar refractivity (Wildman–Crippen MR) is 111 cm³/mol. The van der Waals surface area contributed by atoms with Crippen molar-refractivity contribution in [1.82, 2.24) is 4.98 Å². The quantitative estimate of drug-likeness (QED) is 0.606. The lowest BCUT2D eigenvalue weighted by Gasteiger charge is -2.14. The van der Waals surface area contributed by atoms with Gasteiger partial charge in [0.15, 0.2) is 0 Å². The van der Waals surface area contributed by atoms with Gasteiger partial charge in [-0.25, -0.2) is 9.37 Å². The topological polar surface area (TPSA) is 89.6 Å². The molecular formula is C21H17ClFN3O4. The van der Waals surface area contributed by atoms with E-state index in [0.717, 1.165) is 6.07 Å². The summed E-state index contributed by atoms with van der Waals surface area (Å²) in [4.78, 5) is 29.0. The summed E-state index contributed by atoms with van der Waals surface area (Å²) >= 11 is 5.73. The van der Waals surface area contributed by atoms with Crippen LogP contribution in [0.1, 0.15) is 20.7 Å². The van der Waals surface area contributed by atoms with Crippen molar-refractivity contribution in [2.75, 3.05) is 24.9 Å². The van der Waals surface area contributed by atoms with Crippen LogP contribution < -0.4 is 20.1 Å². The third kappa shape index (κ3) is 4.66. The first-order valence-electron chi connectivity index (χ1n) is 8.67. The third-order valence-corrected chi connectivity index (χ3v) is 4.33. The number of hydrogen-bond donors (Lipinski definition) is 2. The third-order valence-electron chi connectivity index (χ3n) is 4.09. The molecule has 0 aliphatic rings. The number of hydrogen-bond acceptors (Lipinski definition) is 5. The van der Waals surface area contributed by atoms with E-state index in [4.69, 9.17) is 21.1 Å². The van der Waals surface area contributed by atoms with Crippen molar-refractivity contribution >= 4 is 34.8 Å². The Morgan fingerprint density at radius 1 is 0.967 bits per heavy atom. The Morgan fingerprint density at radius 2 is 1.73 bits per heavy atom. The van der Waals surface area contributed by atoms with Gasteiger partial charge in [0.1, 0.15) is 17.1 Å². The molecule has 2 aromatic carbocycles. The van der Waals surface area contributed by atoms with Crippen LogP contribution in [0.25, 0.3) is 0 Å². The van der Waals surface area contributed by atoms with Gasteiger partial charge < -0.3 is 20.1 Å². The van der Waals surface area contributed by atoms with E-state index >= 15 is 0 Å². The van der Waals surface area contributed by atoms with Crippen LogP contribution in [0, 0.1) is 5.82 Å². The molecule has 3 rings (SSSR count). The standard InChI is InChI=1S/C21H17ClFN3O4/c1-29-18-8-6-13(25-20(28)15-4-3-9-24-21(15)30-2)11-17(18)26-19(27)14-7-5-12(22)10-16(14)23/h3-11H,1-2H3,(H,25,28)(H,26,27). The molecule has 0 spiro atoms. The molecule has 3 aromatic rings. The number of nitrogens with one attached hydrogen (secondary N) is 2. The summed E-state index contributed by atoms with van der Waals surface area (Å²) in [6.45, 7) is 0. The van der Waals surface area contributed by atoms with Crippen molar-refractivity contribution in [1.29, 1.82) is 0 Å². The van der Waals surface area contributed by atoms with Crippen molar-refractivity contribution in [2.24, 2.45) is 0 Å². The molecule has 30 heavy (non-hydrogen) atoms. The van der Waals surface area contributed by atoms with Crippen LogP contribution in [0.2, 0.25) is 5.02 Å². The van der Waals surface area contributed by atoms with Crippen LogP contribution in [0.5, 0.6) is 11.6 Å². The lowest BCUT2D eigenvalue weighted by atomic mass is 10.1. The number of rotatable bonds is 6. The Bertz CT molecular complexity index is 1110. The Morgan fingerprint density at radius 3 is 2.43 bits per heavy atom. The van der Waals surface area contributed by atoms with Crippen LogP contribution >= 0.6 is 11.6 Å². The number of carbonyl (C=O) groups is 2. The van der Waals surface area contributed by atoms with Gasteiger partial charge in [-0.3, -0.25) is 9.59 Å². The lowest BCUT2D eigenvalue weighted by Crippen LogP contribution is -2.16. The molecule has 154 valence electrons. The number of anilines is 2. The molecule has 0 saturated carbocycles. The summed E-state index contributed by atoms with van der Waals surface area (Å²) < 4.78 is 24.4. The van der Waals surface area contributed by atoms with Crippen molar-refractivity contribution in [3.05, 3.63) is 76.7 Å². The first-order chi connectivity index (χ1) is 14.4. The van der Waals surface area contributed by atoms with E-state index < -0.39 is 17.6 Å². The maximum Gasteiger partial charge on any atom is 0.261 e. The Labute approximate surface area is 176 Å². The fourth-order valence-corrected chi connectivity index (χ4v) is 2.83. The average molecular weight is 430 g/mol. The molecule has 0 radical (unpaired) electrons. The Hall–Kier alpha value is -3.65. The summed E-state index contributed by atoms with van der Waals surface area (Å²) in [5.74, 6) is -1.40. The summed E-state index contributed by atoms with van der Waals surface area (Å²) in [6.07, 6.45) is 1.51. The van der Waals surface area contributed by atoms with Crippen LogP contribution in [0.3, 0.4) is 0 Å². The highest BCUT2D eigenvalue weighted by molar-refractivity contribution is 6.30. The van der Waals surface area contributed by atoms with Gasteiger partial charge in [-0.2, -0.15) is 0 Å². The zero-order valence-corrected chi connectivity index (χ0v) is 16.8. The van der Waals surface area contributed by atoms with Gasteiger partial charge in [-0.05, 0) is 48.5 Å². The van der Waals surface area contributed by atoms with Crippen LogP contribution in [0.4, 0.5) is 15.8 Å². The van der Waals surface area contributed by atoms with Crippen molar-refractivity contribution < 1.29 is 23.5 Å². The number of pyridine rings is 1. The smallest absolute Gasteiger partial charge is 0.261 e. The average Bonchev–Trinajstić information content (AvgIpc) is 2.73. The van der Waals surface area contributed by atoms with Crippen LogP contribution in [0.15, 0.2) is 54.7 Å². The number of ether oxygens (including phenoxy) is 2. The van der Waals surface area contributed by atoms with Gasteiger partial charge in [-0.15, -0.1) is 0 Å². The monoisotopic (exact) mass is 429 g/mol. The minimum absolute atomic E-state index is 0.176. The molecule has 0 unspecified atom stereocenters. The van der Waals surface area contributed by atoms with Gasteiger partial charge in [-0.1, -0.05) is 11.6 Å². The molecule has 0 aliphatic heterocycles. The molecule has 1 aromatic heterocycles. The van der Waals surface area contributed by atoms with E-state index in [-0.39, 0.29) is 27.7 Å². The summed E-state index contributed by atoms with van der Waals surface area (Å²) in [5, 5.41) is 5.46. The summed E-state index contributed by atoms with van der Waals surface area (Å²) in [5.41, 5.74) is 0.673. The second-order valence-corrected chi connectivity index (χ2v) is 6.44. The number of methoxy groups -OCH3 is 2. The minimum atomic E-state index is -0.757. The number of aromatic nitrogens is 1. The molecule has 0 aliphatic carbocycles. The molecule has 0 bridgehead atoms. The van der Waals surface area contributed by atoms with E-state index in [1.807, 2.05) is 0 Å². The number of nitrogens with zero attached hydrogens (tertiary/aromatic N) is 1. The molecule has 0 saturated heterocycles. The normalized spacial score (nSPS) is 10.3. The van der Waals surface area contributed by atoms with Gasteiger partial charge in [0.05, 0.1) is 25.5 Å². The largest absolute Gasteiger partial charge is 0.495 e. The molecular weight excluding hydrogens is 413 g/mol. The first-order valence-corrected chi connectivity index (χ1v) is 9.05. The Kier molecular flexibility index (Phi) is 6.48. The maximum absolute atomic E-state index is 14.0. The Balaban J connectivity index is 1.84. The zero-order valence-electron chi connectivity index (χ0n) is 16.0. The van der Waals surface area contributed by atoms with E-state index in [1.165, 1.54) is 38.6 Å². The van der Waals surface area contributed by atoms with E-state index in [0.29, 0.717) is 11.4 Å². The number of benzene rings is 2. The lowest BCUT2D eigenvalue weighted by molar-refractivity contribution is 0.101. The molecule has 1 heterocycles. The minimum Gasteiger partial charge on any atom is -0.495 e. The fraction of sp³-hybridized carbons (Fsp3) is 0.0952. The highest BCUT2D eigenvalue weighted by atomic mass is 35.5. The van der Waals surface area contributed by atoms with Gasteiger partial charge in [0.2, 0.25) is 5.88 Å². The molecule has 0 fully saturated rings. The second-order valence-electron chi connectivity index (χ2n) is 6.01. The molecule has 9 heteroatoms. The molecule has 2 amide bonds. The highest BCUT2D eigenvalue weighted by Crippen LogP contribution is 2.29. The number of halogens is 2. The molecule has 0 atom stereocenters. The van der Waals surface area contributed by atoms with E-state index in [2.05, 4.69) is 15.6 Å². The first kappa shape index (κ1) is 21.1. The predicted octanol–water partition coefficient (Wildman–Crippen LogP) is 4.40. The van der Waals surface area contributed by atoms with Crippen molar-refractivity contribution in [3.63, 3.8) is 0 Å². The van der Waals surface area contributed by atoms with Gasteiger partial charge in [0.25, 0.3) is 11.8 Å². The van der Waals surface area contributed by atoms with E-state index in [9.17, 15) is 14.0 Å². The van der Waals surface area contributed by atoms with Crippen LogP contribution in [-0.2, 0) is 0 Å². The molecule has 7 nitrogen and oxygen atoms in total. The van der Waals surface area contributed by atoms with E-state index in [1.54, 1.807) is 24.3 Å². The fourth-order valence-electron chi connectivity index (χ4n) is 2.67. The summed E-state index contributed by atoms with van der Waals surface area (Å²) in [7, 11) is 2.84. The molecule has 2 N–H and O–H groups in total. The SMILES string of the molecule is COc1ccc(NC(=O)c2cccnc2OC)cc1NC(=O)c1ccc(Cl)cc1F.